The van der Waals surface area contributed by atoms with E-state index in [1.807, 2.05) is 24.4 Å². The van der Waals surface area contributed by atoms with Gasteiger partial charge >= 0.3 is 0 Å². The van der Waals surface area contributed by atoms with E-state index in [0.29, 0.717) is 5.92 Å². The number of aromatic nitrogens is 2. The van der Waals surface area contributed by atoms with Crippen LogP contribution in [-0.2, 0) is 18.9 Å². The number of hydrogen-bond acceptors (Lipinski definition) is 2. The van der Waals surface area contributed by atoms with Gasteiger partial charge in [0.25, 0.3) is 0 Å². The van der Waals surface area contributed by atoms with Crippen molar-refractivity contribution in [3.8, 4) is 33.6 Å². The van der Waals surface area contributed by atoms with Gasteiger partial charge in [0.15, 0.2) is 6.20 Å². The number of rotatable bonds is 15. The lowest BCUT2D eigenvalue weighted by molar-refractivity contribution is -0.660. The Morgan fingerprint density at radius 2 is 1.26 bits per heavy atom. The monoisotopic (exact) mass is 744 g/mol. The summed E-state index contributed by atoms with van der Waals surface area (Å²) in [6, 6.07) is 54.9. The molecule has 0 saturated carbocycles. The molecule has 0 N–H and O–H groups in total. The summed E-state index contributed by atoms with van der Waals surface area (Å²) in [4.78, 5) is 7.11. The van der Waals surface area contributed by atoms with Crippen LogP contribution in [0.3, 0.4) is 0 Å². The van der Waals surface area contributed by atoms with Crippen molar-refractivity contribution < 1.29 is 4.57 Å². The molecule has 3 heteroatoms. The van der Waals surface area contributed by atoms with E-state index in [-0.39, 0.29) is 5.41 Å². The minimum Gasteiger partial charge on any atom is -0.311 e. The second kappa shape index (κ2) is 17.6. The number of aryl methyl sites for hydroxylation is 2. The number of benzene rings is 5. The highest BCUT2D eigenvalue weighted by molar-refractivity contribution is 5.80. The predicted molar refractivity (Wildman–Crippen MR) is 243 cm³/mol. The van der Waals surface area contributed by atoms with Crippen LogP contribution in [0.4, 0.5) is 17.1 Å². The van der Waals surface area contributed by atoms with Gasteiger partial charge in [-0.1, -0.05) is 131 Å². The minimum absolute atomic E-state index is 0.0165. The highest BCUT2D eigenvalue weighted by Crippen LogP contribution is 2.46. The fraction of sp³-hybridized carbons (Fsp3) is 0.185. The van der Waals surface area contributed by atoms with Crippen LogP contribution in [-0.4, -0.2) is 4.98 Å². The average Bonchev–Trinajstić information content (AvgIpc) is 3.28. The Kier molecular flexibility index (Phi) is 12.1. The Morgan fingerprint density at radius 3 is 1.84 bits per heavy atom. The second-order valence-corrected chi connectivity index (χ2v) is 15.1. The van der Waals surface area contributed by atoms with Crippen molar-refractivity contribution in [2.75, 3.05) is 4.90 Å². The molecule has 0 saturated heterocycles. The highest BCUT2D eigenvalue weighted by atomic mass is 15.1. The molecule has 5 aromatic carbocycles. The quantitative estimate of drug-likeness (QED) is 0.0974. The molecule has 7 rings (SSSR count). The van der Waals surface area contributed by atoms with Crippen molar-refractivity contribution in [2.45, 2.75) is 51.9 Å². The Bertz CT molecular complexity index is 2380. The van der Waals surface area contributed by atoms with Crippen LogP contribution in [0.25, 0.3) is 45.8 Å². The summed E-state index contributed by atoms with van der Waals surface area (Å²) in [6.45, 7) is 15.1. The van der Waals surface area contributed by atoms with Gasteiger partial charge in [0.1, 0.15) is 7.05 Å². The SMILES string of the molecule is C=Cc1ccc(N(c2ccc(C=C)cc2)c2ccc(-c3ccc(CCC(CC)(c4ccccc4-c4ccccn4)C(C)CC)c(-c4cccc[n+]4C)c3)cc2)cc1. The summed E-state index contributed by atoms with van der Waals surface area (Å²) >= 11 is 0. The largest absolute Gasteiger partial charge is 0.311 e. The molecule has 3 nitrogen and oxygen atoms in total. The van der Waals surface area contributed by atoms with Crippen LogP contribution in [0, 0.1) is 5.92 Å². The molecule has 2 atom stereocenters. The molecule has 284 valence electrons. The van der Waals surface area contributed by atoms with Crippen molar-refractivity contribution in [3.63, 3.8) is 0 Å². The minimum atomic E-state index is -0.0165. The lowest BCUT2D eigenvalue weighted by atomic mass is 9.63. The van der Waals surface area contributed by atoms with E-state index < -0.39 is 0 Å². The smallest absolute Gasteiger partial charge is 0.212 e. The molecule has 0 radical (unpaired) electrons. The van der Waals surface area contributed by atoms with Crippen LogP contribution < -0.4 is 9.47 Å². The van der Waals surface area contributed by atoms with E-state index in [2.05, 4.69) is 202 Å². The Hall–Kier alpha value is -6.32. The van der Waals surface area contributed by atoms with Gasteiger partial charge in [-0.2, -0.15) is 0 Å². The lowest BCUT2D eigenvalue weighted by Gasteiger charge is -2.41. The number of nitrogens with zero attached hydrogens (tertiary/aromatic N) is 3. The van der Waals surface area contributed by atoms with E-state index in [9.17, 15) is 0 Å². The first-order chi connectivity index (χ1) is 27.9. The van der Waals surface area contributed by atoms with Gasteiger partial charge < -0.3 is 4.90 Å². The Morgan fingerprint density at radius 1 is 0.667 bits per heavy atom. The van der Waals surface area contributed by atoms with Gasteiger partial charge in [0.2, 0.25) is 5.69 Å². The number of pyridine rings is 2. The topological polar surface area (TPSA) is 20.0 Å². The first kappa shape index (κ1) is 38.9. The maximum absolute atomic E-state index is 4.81. The zero-order chi connectivity index (χ0) is 39.8. The molecular formula is C54H54N3+. The van der Waals surface area contributed by atoms with Gasteiger partial charge in [0, 0.05) is 46.5 Å². The molecule has 0 aliphatic heterocycles. The predicted octanol–water partition coefficient (Wildman–Crippen LogP) is 14.0. The third-order valence-corrected chi connectivity index (χ3v) is 12.1. The van der Waals surface area contributed by atoms with Gasteiger partial charge in [-0.3, -0.25) is 4.98 Å². The average molecular weight is 745 g/mol. The van der Waals surface area contributed by atoms with Gasteiger partial charge in [-0.05, 0) is 125 Å². The zero-order valence-electron chi connectivity index (χ0n) is 33.9. The molecule has 0 bridgehead atoms. The van der Waals surface area contributed by atoms with E-state index in [1.54, 1.807) is 0 Å². The highest BCUT2D eigenvalue weighted by Gasteiger charge is 2.37. The molecule has 0 amide bonds. The van der Waals surface area contributed by atoms with Crippen LogP contribution in [0.5, 0.6) is 0 Å². The van der Waals surface area contributed by atoms with Crippen molar-refractivity contribution in [1.29, 1.82) is 0 Å². The van der Waals surface area contributed by atoms with Gasteiger partial charge in [-0.15, -0.1) is 0 Å². The zero-order valence-corrected chi connectivity index (χ0v) is 33.9. The number of anilines is 3. The van der Waals surface area contributed by atoms with E-state index in [0.717, 1.165) is 59.6 Å². The molecule has 2 unspecified atom stereocenters. The first-order valence-corrected chi connectivity index (χ1v) is 20.3. The normalized spacial score (nSPS) is 12.7. The maximum Gasteiger partial charge on any atom is 0.212 e. The summed E-state index contributed by atoms with van der Waals surface area (Å²) in [5.41, 5.74) is 15.4. The van der Waals surface area contributed by atoms with E-state index >= 15 is 0 Å². The third kappa shape index (κ3) is 8.16. The molecule has 7 aromatic rings. The van der Waals surface area contributed by atoms with E-state index in [4.69, 9.17) is 4.98 Å². The summed E-state index contributed by atoms with van der Waals surface area (Å²) in [7, 11) is 2.15. The van der Waals surface area contributed by atoms with Crippen molar-refractivity contribution >= 4 is 29.2 Å². The molecule has 0 aliphatic carbocycles. The third-order valence-electron chi connectivity index (χ3n) is 12.1. The molecular weight excluding hydrogens is 691 g/mol. The van der Waals surface area contributed by atoms with Crippen LogP contribution in [0.1, 0.15) is 62.3 Å². The Labute approximate surface area is 340 Å². The van der Waals surface area contributed by atoms with Crippen molar-refractivity contribution in [2.24, 2.45) is 13.0 Å². The van der Waals surface area contributed by atoms with E-state index in [1.165, 1.54) is 39.1 Å². The summed E-state index contributed by atoms with van der Waals surface area (Å²) in [5.74, 6) is 0.487. The maximum atomic E-state index is 4.81. The molecule has 0 aliphatic rings. The fourth-order valence-corrected chi connectivity index (χ4v) is 8.56. The standard InChI is InChI=1S/C54H54N3/c1-7-40(5)54(10-4,51-18-12-11-17-49(51)52-19-13-15-37-55-52)36-35-44-25-26-45(39-50(44)53-20-14-16-38-56(53)6)43-27-33-48(34-28-43)57(46-29-21-41(8-2)22-30-46)47-31-23-42(9-3)24-32-47/h8-9,11-34,37-40H,2-3,7,10,35-36H2,1,4-6H3/q+1. The van der Waals surface area contributed by atoms with Crippen LogP contribution >= 0.6 is 0 Å². The Balaban J connectivity index is 1.26. The van der Waals surface area contributed by atoms with Gasteiger partial charge in [-0.25, -0.2) is 4.57 Å². The van der Waals surface area contributed by atoms with Crippen LogP contribution in [0.2, 0.25) is 0 Å². The number of hydrogen-bond donors (Lipinski definition) is 0. The molecule has 2 heterocycles. The molecule has 57 heavy (non-hydrogen) atoms. The van der Waals surface area contributed by atoms with Crippen molar-refractivity contribution in [1.82, 2.24) is 4.98 Å². The van der Waals surface area contributed by atoms with Gasteiger partial charge in [0.05, 0.1) is 5.69 Å². The summed E-state index contributed by atoms with van der Waals surface area (Å²) < 4.78 is 2.25. The second-order valence-electron chi connectivity index (χ2n) is 15.1. The molecule has 0 spiro atoms. The summed E-state index contributed by atoms with van der Waals surface area (Å²) in [5, 5.41) is 0. The first-order valence-electron chi connectivity index (χ1n) is 20.3. The summed E-state index contributed by atoms with van der Waals surface area (Å²) in [6.07, 6.45) is 12.0. The molecule has 2 aromatic heterocycles. The van der Waals surface area contributed by atoms with Crippen LogP contribution in [0.15, 0.2) is 177 Å². The lowest BCUT2D eigenvalue weighted by Crippen LogP contribution is -2.34. The fourth-order valence-electron chi connectivity index (χ4n) is 8.56. The van der Waals surface area contributed by atoms with Crippen molar-refractivity contribution in [3.05, 3.63) is 199 Å². The molecule has 0 fully saturated rings.